The van der Waals surface area contributed by atoms with Gasteiger partial charge in [-0.05, 0) is 93.1 Å². The minimum Gasteiger partial charge on any atom is -0.256 e. The second kappa shape index (κ2) is 11.5. The van der Waals surface area contributed by atoms with Gasteiger partial charge < -0.3 is 0 Å². The Balaban J connectivity index is 1.21. The number of benzene rings is 7. The summed E-state index contributed by atoms with van der Waals surface area (Å²) in [5.41, 5.74) is 13.1. The predicted molar refractivity (Wildman–Crippen MR) is 210 cm³/mol. The van der Waals surface area contributed by atoms with E-state index in [0.29, 0.717) is 0 Å². The highest BCUT2D eigenvalue weighted by atomic mass is 14.9. The number of rotatable bonds is 3. The molecule has 0 saturated carbocycles. The Morgan fingerprint density at radius 3 is 2.20 bits per heavy atom. The van der Waals surface area contributed by atoms with Gasteiger partial charge in [0.2, 0.25) is 0 Å². The Morgan fingerprint density at radius 1 is 0.540 bits per heavy atom. The number of pyridine rings is 1. The van der Waals surface area contributed by atoms with E-state index in [-0.39, 0.29) is 0 Å². The van der Waals surface area contributed by atoms with Crippen molar-refractivity contribution in [2.24, 2.45) is 9.98 Å². The third-order valence-corrected chi connectivity index (χ3v) is 10.6. The largest absolute Gasteiger partial charge is 0.256 e. The fraction of sp³-hybridized carbons (Fsp3) is 0.0851. The molecule has 0 unspecified atom stereocenters. The van der Waals surface area contributed by atoms with Crippen molar-refractivity contribution in [1.82, 2.24) is 4.98 Å². The molecule has 7 aromatic carbocycles. The first-order valence-electron chi connectivity index (χ1n) is 17.4. The zero-order chi connectivity index (χ0) is 33.2. The third kappa shape index (κ3) is 4.62. The normalized spacial score (nSPS) is 15.9. The number of fused-ring (bicyclic) bond motifs is 10. The smallest absolute Gasteiger partial charge is 0.160 e. The standard InChI is InChI=1S/C47H33N3/c1-29-18-24-42(39-17-9-14-33-26-41-36-15-7-5-10-30(36)21-23-38(41)44(33)39)49-47(50-46(29)32-11-3-2-4-12-32)34-20-19-31-22-25-43-45(40(31)27-34)37-16-8-6-13-35(37)28-48-43/h2-17,19-23,25,27-28H,18,24,26H2,1H3/b46-29+,49-42?,50-47?. The topological polar surface area (TPSA) is 37.6 Å². The van der Waals surface area contributed by atoms with Crippen LogP contribution < -0.4 is 0 Å². The molecule has 1 aliphatic carbocycles. The summed E-state index contributed by atoms with van der Waals surface area (Å²) in [6.07, 6.45) is 4.62. The van der Waals surface area contributed by atoms with Crippen molar-refractivity contribution in [2.45, 2.75) is 26.2 Å². The molecule has 8 aromatic rings. The number of aromatic nitrogens is 1. The van der Waals surface area contributed by atoms with E-state index in [1.165, 1.54) is 54.9 Å². The van der Waals surface area contributed by atoms with Crippen LogP contribution in [0.1, 0.15) is 47.6 Å². The van der Waals surface area contributed by atoms with Crippen LogP contribution in [-0.4, -0.2) is 16.5 Å². The van der Waals surface area contributed by atoms with Crippen LogP contribution in [0.4, 0.5) is 0 Å². The molecule has 0 saturated heterocycles. The van der Waals surface area contributed by atoms with Crippen LogP contribution in [0, 0.1) is 0 Å². The van der Waals surface area contributed by atoms with Gasteiger partial charge in [-0.1, -0.05) is 127 Å². The van der Waals surface area contributed by atoms with Crippen LogP contribution >= 0.6 is 0 Å². The van der Waals surface area contributed by atoms with Crippen molar-refractivity contribution in [3.8, 4) is 11.1 Å². The number of aliphatic imine (C=N–C) groups is 2. The molecule has 1 aromatic heterocycles. The van der Waals surface area contributed by atoms with E-state index in [0.717, 1.165) is 69.3 Å². The van der Waals surface area contributed by atoms with Gasteiger partial charge in [-0.2, -0.15) is 0 Å². The van der Waals surface area contributed by atoms with Gasteiger partial charge in [0.25, 0.3) is 0 Å². The van der Waals surface area contributed by atoms with Gasteiger partial charge in [-0.25, -0.2) is 9.98 Å². The fourth-order valence-corrected chi connectivity index (χ4v) is 8.14. The summed E-state index contributed by atoms with van der Waals surface area (Å²) in [4.78, 5) is 15.9. The van der Waals surface area contributed by atoms with Crippen molar-refractivity contribution >= 4 is 60.5 Å². The quantitative estimate of drug-likeness (QED) is 0.177. The molecule has 0 radical (unpaired) electrons. The van der Waals surface area contributed by atoms with Crippen molar-refractivity contribution < 1.29 is 0 Å². The Labute approximate surface area is 291 Å². The number of hydrogen-bond donors (Lipinski definition) is 0. The average Bonchev–Trinajstić information content (AvgIpc) is 3.56. The monoisotopic (exact) mass is 639 g/mol. The van der Waals surface area contributed by atoms with Crippen LogP contribution in [0.5, 0.6) is 0 Å². The summed E-state index contributed by atoms with van der Waals surface area (Å²) < 4.78 is 0. The van der Waals surface area contributed by atoms with Crippen LogP contribution in [-0.2, 0) is 6.42 Å². The predicted octanol–water partition coefficient (Wildman–Crippen LogP) is 11.7. The number of hydrogen-bond acceptors (Lipinski definition) is 3. The minimum absolute atomic E-state index is 0.735. The highest BCUT2D eigenvalue weighted by molar-refractivity contribution is 6.22. The lowest BCUT2D eigenvalue weighted by Crippen LogP contribution is -2.12. The molecule has 0 bridgehead atoms. The Kier molecular flexibility index (Phi) is 6.60. The Hall–Kier alpha value is -6.19. The highest BCUT2D eigenvalue weighted by Crippen LogP contribution is 2.43. The van der Waals surface area contributed by atoms with E-state index in [2.05, 4.69) is 146 Å². The second-order valence-electron chi connectivity index (χ2n) is 13.6. The molecular formula is C47H33N3. The van der Waals surface area contributed by atoms with E-state index in [1.54, 1.807) is 0 Å². The van der Waals surface area contributed by atoms with Crippen molar-refractivity contribution in [3.63, 3.8) is 0 Å². The molecule has 0 atom stereocenters. The lowest BCUT2D eigenvalue weighted by molar-refractivity contribution is 1.00. The maximum absolute atomic E-state index is 5.57. The molecule has 0 spiro atoms. The van der Waals surface area contributed by atoms with Gasteiger partial charge in [0.1, 0.15) is 0 Å². The summed E-state index contributed by atoms with van der Waals surface area (Å²) in [7, 11) is 0. The first-order chi connectivity index (χ1) is 24.7. The molecule has 50 heavy (non-hydrogen) atoms. The van der Waals surface area contributed by atoms with Crippen LogP contribution in [0.2, 0.25) is 0 Å². The van der Waals surface area contributed by atoms with Crippen LogP contribution in [0.3, 0.4) is 0 Å². The van der Waals surface area contributed by atoms with Crippen molar-refractivity contribution in [1.29, 1.82) is 0 Å². The van der Waals surface area contributed by atoms with Crippen LogP contribution in [0.15, 0.2) is 161 Å². The fourth-order valence-electron chi connectivity index (χ4n) is 8.14. The van der Waals surface area contributed by atoms with Gasteiger partial charge in [-0.3, -0.25) is 4.98 Å². The Bertz CT molecular complexity index is 2780. The SMILES string of the molecule is C/C1=C(/c2ccccc2)N=C(c2ccc3ccc4ncc5ccccc5c4c3c2)N=C(c2cccc3c2-c2ccc4ccccc4c2C3)CC1. The van der Waals surface area contributed by atoms with Gasteiger partial charge in [0.15, 0.2) is 5.84 Å². The first kappa shape index (κ1) is 28.8. The lowest BCUT2D eigenvalue weighted by Gasteiger charge is -2.18. The van der Waals surface area contributed by atoms with E-state index >= 15 is 0 Å². The lowest BCUT2D eigenvalue weighted by atomic mass is 9.91. The molecule has 2 aliphatic rings. The molecular weight excluding hydrogens is 607 g/mol. The van der Waals surface area contributed by atoms with E-state index in [9.17, 15) is 0 Å². The van der Waals surface area contributed by atoms with E-state index in [1.807, 2.05) is 6.20 Å². The van der Waals surface area contributed by atoms with Gasteiger partial charge in [-0.15, -0.1) is 0 Å². The van der Waals surface area contributed by atoms with Crippen LogP contribution in [0.25, 0.3) is 60.0 Å². The molecule has 236 valence electrons. The molecule has 3 nitrogen and oxygen atoms in total. The summed E-state index contributed by atoms with van der Waals surface area (Å²) in [6.45, 7) is 2.23. The number of allylic oxidation sites excluding steroid dienone is 1. The highest BCUT2D eigenvalue weighted by Gasteiger charge is 2.26. The van der Waals surface area contributed by atoms with Crippen molar-refractivity contribution in [3.05, 3.63) is 179 Å². The maximum atomic E-state index is 5.57. The average molecular weight is 640 g/mol. The van der Waals surface area contributed by atoms with Gasteiger partial charge >= 0.3 is 0 Å². The minimum atomic E-state index is 0.735. The Morgan fingerprint density at radius 2 is 1.30 bits per heavy atom. The summed E-state index contributed by atoms with van der Waals surface area (Å²) in [5.74, 6) is 0.735. The zero-order valence-corrected chi connectivity index (χ0v) is 27.8. The first-order valence-corrected chi connectivity index (χ1v) is 17.4. The third-order valence-electron chi connectivity index (χ3n) is 10.6. The van der Waals surface area contributed by atoms with Crippen molar-refractivity contribution in [2.75, 3.05) is 0 Å². The van der Waals surface area contributed by atoms with Gasteiger partial charge in [0, 0.05) is 33.7 Å². The zero-order valence-electron chi connectivity index (χ0n) is 27.8. The maximum Gasteiger partial charge on any atom is 0.160 e. The second-order valence-corrected chi connectivity index (χ2v) is 13.6. The molecule has 0 amide bonds. The molecule has 0 N–H and O–H groups in total. The molecule has 0 fully saturated rings. The number of amidine groups is 1. The van der Waals surface area contributed by atoms with Gasteiger partial charge in [0.05, 0.1) is 16.9 Å². The van der Waals surface area contributed by atoms with E-state index < -0.39 is 0 Å². The molecule has 1 aliphatic heterocycles. The summed E-state index contributed by atoms with van der Waals surface area (Å²) >= 11 is 0. The summed E-state index contributed by atoms with van der Waals surface area (Å²) in [6, 6.07) is 50.2. The van der Waals surface area contributed by atoms with E-state index in [4.69, 9.17) is 15.0 Å². The molecule has 3 heteroatoms. The molecule has 10 rings (SSSR count). The number of nitrogens with zero attached hydrogens (tertiary/aromatic N) is 3. The summed E-state index contributed by atoms with van der Waals surface area (Å²) in [5, 5.41) is 8.47. The molecule has 2 heterocycles.